The lowest BCUT2D eigenvalue weighted by Crippen LogP contribution is -2.54. The van der Waals surface area contributed by atoms with Gasteiger partial charge in [0.05, 0.1) is 5.54 Å². The zero-order valence-electron chi connectivity index (χ0n) is 14.5. The molecule has 0 aromatic rings. The van der Waals surface area contributed by atoms with Gasteiger partial charge in [-0.05, 0) is 53.6 Å². The van der Waals surface area contributed by atoms with Gasteiger partial charge in [-0.3, -0.25) is 9.69 Å². The normalized spacial score (nSPS) is 21.2. The molecule has 3 N–H and O–H groups in total. The molecule has 1 unspecified atom stereocenters. The molecule has 0 saturated carbocycles. The maximum Gasteiger partial charge on any atom is 0.237 e. The van der Waals surface area contributed by atoms with E-state index in [2.05, 4.69) is 35.9 Å². The number of piperazine rings is 1. The van der Waals surface area contributed by atoms with Crippen molar-refractivity contribution in [1.29, 1.82) is 0 Å². The van der Waals surface area contributed by atoms with Crippen LogP contribution in [0.2, 0.25) is 0 Å². The van der Waals surface area contributed by atoms with Gasteiger partial charge in [-0.1, -0.05) is 6.92 Å². The van der Waals surface area contributed by atoms with Crippen LogP contribution in [0.1, 0.15) is 47.5 Å². The molecule has 0 aliphatic carbocycles. The highest BCUT2D eigenvalue weighted by molar-refractivity contribution is 5.84. The molecule has 1 saturated heterocycles. The van der Waals surface area contributed by atoms with Gasteiger partial charge in [-0.25, -0.2) is 0 Å². The third kappa shape index (κ3) is 5.57. The number of rotatable bonds is 7. The Labute approximate surface area is 130 Å². The second kappa shape index (κ2) is 7.56. The summed E-state index contributed by atoms with van der Waals surface area (Å²) < 4.78 is 0. The van der Waals surface area contributed by atoms with Crippen molar-refractivity contribution in [2.45, 2.75) is 58.5 Å². The number of likely N-dealkylation sites (N-methyl/N-ethyl adjacent to an activating group) is 1. The molecule has 1 aliphatic rings. The van der Waals surface area contributed by atoms with Crippen molar-refractivity contribution < 1.29 is 4.79 Å². The highest BCUT2D eigenvalue weighted by Crippen LogP contribution is 2.17. The Morgan fingerprint density at radius 1 is 1.14 bits per heavy atom. The van der Waals surface area contributed by atoms with Gasteiger partial charge in [0.2, 0.25) is 5.91 Å². The van der Waals surface area contributed by atoms with E-state index in [1.165, 1.54) is 0 Å². The van der Waals surface area contributed by atoms with E-state index < -0.39 is 5.54 Å². The topological polar surface area (TPSA) is 61.6 Å². The average molecular weight is 298 g/mol. The molecule has 5 heteroatoms. The highest BCUT2D eigenvalue weighted by atomic mass is 16.1. The van der Waals surface area contributed by atoms with Crippen LogP contribution >= 0.6 is 0 Å². The zero-order valence-corrected chi connectivity index (χ0v) is 14.5. The summed E-state index contributed by atoms with van der Waals surface area (Å²) >= 11 is 0. The van der Waals surface area contributed by atoms with E-state index in [1.807, 2.05) is 13.8 Å². The molecule has 1 aliphatic heterocycles. The van der Waals surface area contributed by atoms with Crippen molar-refractivity contribution >= 4 is 5.91 Å². The molecule has 1 fully saturated rings. The lowest BCUT2D eigenvalue weighted by molar-refractivity contribution is -0.124. The van der Waals surface area contributed by atoms with Crippen LogP contribution in [0, 0.1) is 0 Å². The second-order valence-electron chi connectivity index (χ2n) is 7.33. The van der Waals surface area contributed by atoms with E-state index in [1.54, 1.807) is 0 Å². The summed E-state index contributed by atoms with van der Waals surface area (Å²) in [6.45, 7) is 17.1. The number of nitrogens with two attached hydrogens (primary N) is 1. The Morgan fingerprint density at radius 2 is 1.71 bits per heavy atom. The van der Waals surface area contributed by atoms with Gasteiger partial charge < -0.3 is 16.0 Å². The minimum atomic E-state index is -0.567. The van der Waals surface area contributed by atoms with E-state index in [4.69, 9.17) is 5.73 Å². The Hall–Kier alpha value is -0.650. The van der Waals surface area contributed by atoms with E-state index >= 15 is 0 Å². The Morgan fingerprint density at radius 3 is 2.14 bits per heavy atom. The quantitative estimate of drug-likeness (QED) is 0.737. The number of carbonyl (C=O) groups excluding carboxylic acids is 1. The molecule has 1 rings (SSSR count). The van der Waals surface area contributed by atoms with Gasteiger partial charge in [-0.15, -0.1) is 0 Å². The number of nitrogens with zero attached hydrogens (tertiary/aromatic N) is 2. The molecule has 0 aromatic heterocycles. The summed E-state index contributed by atoms with van der Waals surface area (Å²) in [6.07, 6.45) is 1.80. The fourth-order valence-electron chi connectivity index (χ4n) is 2.99. The molecule has 0 aromatic carbocycles. The summed E-state index contributed by atoms with van der Waals surface area (Å²) in [7, 11) is 0. The number of nitrogens with one attached hydrogen (secondary N) is 1. The van der Waals surface area contributed by atoms with Crippen LogP contribution in [0.4, 0.5) is 0 Å². The molecular formula is C16H34N4O. The lowest BCUT2D eigenvalue weighted by Gasteiger charge is -2.42. The molecule has 5 nitrogen and oxygen atoms in total. The van der Waals surface area contributed by atoms with Crippen LogP contribution in [0.15, 0.2) is 0 Å². The standard InChI is InChI=1S/C16H34N4O/c1-6-18-16(5,14(17)21)8-7-9-19-10-12-20(13-11-19)15(2,3)4/h18H,6-13H2,1-5H3,(H2,17,21). The first-order chi connectivity index (χ1) is 9.69. The lowest BCUT2D eigenvalue weighted by atomic mass is 9.94. The first-order valence-electron chi connectivity index (χ1n) is 8.21. The first-order valence-corrected chi connectivity index (χ1v) is 8.21. The Balaban J connectivity index is 2.33. The van der Waals surface area contributed by atoms with Gasteiger partial charge in [0.1, 0.15) is 0 Å². The fraction of sp³-hybridized carbons (Fsp3) is 0.938. The Kier molecular flexibility index (Phi) is 6.63. The average Bonchev–Trinajstić information content (AvgIpc) is 2.38. The van der Waals surface area contributed by atoms with Crippen LogP contribution in [-0.4, -0.2) is 66.1 Å². The van der Waals surface area contributed by atoms with Crippen LogP contribution < -0.4 is 11.1 Å². The van der Waals surface area contributed by atoms with Crippen LogP contribution in [-0.2, 0) is 4.79 Å². The van der Waals surface area contributed by atoms with Crippen molar-refractivity contribution in [1.82, 2.24) is 15.1 Å². The molecule has 0 spiro atoms. The van der Waals surface area contributed by atoms with Crippen LogP contribution in [0.5, 0.6) is 0 Å². The van der Waals surface area contributed by atoms with Crippen molar-refractivity contribution in [3.8, 4) is 0 Å². The van der Waals surface area contributed by atoms with Crippen LogP contribution in [0.25, 0.3) is 0 Å². The maximum absolute atomic E-state index is 11.6. The smallest absolute Gasteiger partial charge is 0.237 e. The summed E-state index contributed by atoms with van der Waals surface area (Å²) in [5, 5.41) is 3.22. The summed E-state index contributed by atoms with van der Waals surface area (Å²) in [5.74, 6) is -0.248. The van der Waals surface area contributed by atoms with E-state index in [-0.39, 0.29) is 11.4 Å². The molecular weight excluding hydrogens is 264 g/mol. The predicted molar refractivity (Wildman–Crippen MR) is 88.3 cm³/mol. The summed E-state index contributed by atoms with van der Waals surface area (Å²) in [6, 6.07) is 0. The molecule has 0 bridgehead atoms. The minimum absolute atomic E-state index is 0.248. The molecule has 21 heavy (non-hydrogen) atoms. The molecule has 1 heterocycles. The van der Waals surface area contributed by atoms with Crippen molar-refractivity contribution in [2.75, 3.05) is 39.3 Å². The van der Waals surface area contributed by atoms with E-state index in [0.717, 1.165) is 52.1 Å². The molecule has 124 valence electrons. The summed E-state index contributed by atoms with van der Waals surface area (Å²) in [5.41, 5.74) is 5.22. The van der Waals surface area contributed by atoms with Gasteiger partial charge >= 0.3 is 0 Å². The Bertz CT molecular complexity index is 332. The maximum atomic E-state index is 11.6. The monoisotopic (exact) mass is 298 g/mol. The van der Waals surface area contributed by atoms with Crippen molar-refractivity contribution in [2.24, 2.45) is 5.73 Å². The number of primary amides is 1. The number of hydrogen-bond acceptors (Lipinski definition) is 4. The molecule has 1 atom stereocenters. The van der Waals surface area contributed by atoms with Gasteiger partial charge in [0.15, 0.2) is 0 Å². The highest BCUT2D eigenvalue weighted by Gasteiger charge is 2.30. The SMILES string of the molecule is CCNC(C)(CCCN1CCN(C(C)(C)C)CC1)C(N)=O. The minimum Gasteiger partial charge on any atom is -0.368 e. The number of amides is 1. The number of hydrogen-bond donors (Lipinski definition) is 2. The second-order valence-corrected chi connectivity index (χ2v) is 7.33. The molecule has 0 radical (unpaired) electrons. The van der Waals surface area contributed by atoms with Crippen LogP contribution in [0.3, 0.4) is 0 Å². The third-order valence-corrected chi connectivity index (χ3v) is 4.58. The zero-order chi connectivity index (χ0) is 16.1. The molecule has 1 amide bonds. The fourth-order valence-corrected chi connectivity index (χ4v) is 2.99. The van der Waals surface area contributed by atoms with Gasteiger partial charge in [0, 0.05) is 31.7 Å². The summed E-state index contributed by atoms with van der Waals surface area (Å²) in [4.78, 5) is 16.6. The third-order valence-electron chi connectivity index (χ3n) is 4.58. The van der Waals surface area contributed by atoms with Crippen molar-refractivity contribution in [3.05, 3.63) is 0 Å². The van der Waals surface area contributed by atoms with E-state index in [0.29, 0.717) is 0 Å². The van der Waals surface area contributed by atoms with Gasteiger partial charge in [0.25, 0.3) is 0 Å². The van der Waals surface area contributed by atoms with E-state index in [9.17, 15) is 4.79 Å². The van der Waals surface area contributed by atoms with Crippen molar-refractivity contribution in [3.63, 3.8) is 0 Å². The first kappa shape index (κ1) is 18.4. The largest absolute Gasteiger partial charge is 0.368 e. The predicted octanol–water partition coefficient (Wildman–Crippen LogP) is 1.04. The number of carbonyl (C=O) groups is 1. The van der Waals surface area contributed by atoms with Gasteiger partial charge in [-0.2, -0.15) is 0 Å².